The first kappa shape index (κ1) is 19.8. The van der Waals surface area contributed by atoms with Gasteiger partial charge in [0.1, 0.15) is 16.6 Å². The monoisotopic (exact) mass is 419 g/mol. The van der Waals surface area contributed by atoms with Crippen LogP contribution < -0.4 is 4.90 Å². The number of nitrogens with zero attached hydrogens (tertiary/aromatic N) is 2. The van der Waals surface area contributed by atoms with Gasteiger partial charge in [-0.1, -0.05) is 35.9 Å². The van der Waals surface area contributed by atoms with Crippen LogP contribution in [0.2, 0.25) is 0 Å². The number of ether oxygens (including phenoxy) is 1. The van der Waals surface area contributed by atoms with Gasteiger partial charge in [0.2, 0.25) is 0 Å². The second-order valence-corrected chi connectivity index (χ2v) is 7.79. The summed E-state index contributed by atoms with van der Waals surface area (Å²) in [6.07, 6.45) is 0. The number of aliphatic hydroxyl groups excluding tert-OH is 1. The molecule has 1 aliphatic heterocycles. The molecule has 2 N–H and O–H groups in total. The summed E-state index contributed by atoms with van der Waals surface area (Å²) in [5.41, 5.74) is 4.44. The average molecular weight is 420 g/mol. The second-order valence-electron chi connectivity index (χ2n) is 6.93. The standard InChI is InChI=1S/C23H21N3O3S/c1-3-29-23(28)16-5-4-6-17(11-16)26-12-19(27)20(21(26)24)22-25-18(13-30-22)15-9-7-14(2)8-10-15/h4-11,13,24,27H,3,12H2,1-2H3. The number of carbonyl (C=O) groups excluding carboxylic acids is 1. The van der Waals surface area contributed by atoms with E-state index in [1.54, 1.807) is 36.1 Å². The van der Waals surface area contributed by atoms with E-state index in [4.69, 9.17) is 10.1 Å². The number of anilines is 1. The molecule has 30 heavy (non-hydrogen) atoms. The quantitative estimate of drug-likeness (QED) is 0.565. The molecule has 0 saturated heterocycles. The third kappa shape index (κ3) is 3.71. The van der Waals surface area contributed by atoms with Crippen molar-refractivity contribution in [1.29, 1.82) is 5.41 Å². The van der Waals surface area contributed by atoms with E-state index < -0.39 is 5.97 Å². The molecule has 0 amide bonds. The molecule has 7 heteroatoms. The van der Waals surface area contributed by atoms with Crippen molar-refractivity contribution in [1.82, 2.24) is 4.98 Å². The minimum Gasteiger partial charge on any atom is -0.510 e. The van der Waals surface area contributed by atoms with Crippen LogP contribution in [0.3, 0.4) is 0 Å². The van der Waals surface area contributed by atoms with Crippen molar-refractivity contribution in [2.75, 3.05) is 18.1 Å². The Morgan fingerprint density at radius 1 is 1.27 bits per heavy atom. The molecule has 0 atom stereocenters. The van der Waals surface area contributed by atoms with E-state index >= 15 is 0 Å². The maximum Gasteiger partial charge on any atom is 0.338 e. The first-order valence-corrected chi connectivity index (χ1v) is 10.4. The van der Waals surface area contributed by atoms with Gasteiger partial charge in [0.25, 0.3) is 0 Å². The average Bonchev–Trinajstić information content (AvgIpc) is 3.33. The van der Waals surface area contributed by atoms with Gasteiger partial charge in [-0.25, -0.2) is 9.78 Å². The van der Waals surface area contributed by atoms with Crippen molar-refractivity contribution in [2.24, 2.45) is 0 Å². The fourth-order valence-corrected chi connectivity index (χ4v) is 4.18. The Bertz CT molecular complexity index is 1150. The SMILES string of the molecule is CCOC(=O)c1cccc(N2CC(O)=C(c3nc(-c4ccc(C)cc4)cs3)C2=N)c1. The number of aliphatic hydroxyl groups is 1. The van der Waals surface area contributed by atoms with E-state index in [9.17, 15) is 9.90 Å². The zero-order valence-corrected chi connectivity index (χ0v) is 17.5. The predicted octanol–water partition coefficient (Wildman–Crippen LogP) is 5.06. The van der Waals surface area contributed by atoms with Crippen molar-refractivity contribution in [3.8, 4) is 11.3 Å². The van der Waals surface area contributed by atoms with Gasteiger partial charge in [0, 0.05) is 16.6 Å². The fourth-order valence-electron chi connectivity index (χ4n) is 3.29. The summed E-state index contributed by atoms with van der Waals surface area (Å²) in [7, 11) is 0. The second kappa shape index (κ2) is 8.12. The number of thiazole rings is 1. The minimum atomic E-state index is -0.412. The van der Waals surface area contributed by atoms with Crippen LogP contribution in [-0.4, -0.2) is 35.0 Å². The molecule has 4 rings (SSSR count). The predicted molar refractivity (Wildman–Crippen MR) is 119 cm³/mol. The van der Waals surface area contributed by atoms with Crippen molar-refractivity contribution in [3.63, 3.8) is 0 Å². The van der Waals surface area contributed by atoms with Crippen LogP contribution in [-0.2, 0) is 4.74 Å². The first-order valence-electron chi connectivity index (χ1n) is 9.56. The third-order valence-electron chi connectivity index (χ3n) is 4.84. The number of benzene rings is 2. The van der Waals surface area contributed by atoms with Crippen molar-refractivity contribution < 1.29 is 14.6 Å². The molecule has 0 saturated carbocycles. The van der Waals surface area contributed by atoms with Crippen LogP contribution >= 0.6 is 11.3 Å². The molecule has 0 bridgehead atoms. The number of aromatic nitrogens is 1. The molecule has 152 valence electrons. The lowest BCUT2D eigenvalue weighted by molar-refractivity contribution is 0.0526. The lowest BCUT2D eigenvalue weighted by atomic mass is 10.1. The van der Waals surface area contributed by atoms with Gasteiger partial charge < -0.3 is 14.7 Å². The first-order chi connectivity index (χ1) is 14.5. The van der Waals surface area contributed by atoms with E-state index in [0.29, 0.717) is 28.4 Å². The van der Waals surface area contributed by atoms with Gasteiger partial charge in [-0.05, 0) is 32.0 Å². The van der Waals surface area contributed by atoms with Gasteiger partial charge >= 0.3 is 5.97 Å². The Labute approximate surface area is 178 Å². The Hall–Kier alpha value is -3.45. The number of amidine groups is 1. The van der Waals surface area contributed by atoms with Gasteiger partial charge in [-0.15, -0.1) is 11.3 Å². The Morgan fingerprint density at radius 2 is 2.03 bits per heavy atom. The smallest absolute Gasteiger partial charge is 0.338 e. The third-order valence-corrected chi connectivity index (χ3v) is 5.70. The Balaban J connectivity index is 1.60. The zero-order valence-electron chi connectivity index (χ0n) is 16.7. The van der Waals surface area contributed by atoms with Crippen LogP contribution in [0.4, 0.5) is 5.69 Å². The van der Waals surface area contributed by atoms with E-state index in [1.165, 1.54) is 16.9 Å². The van der Waals surface area contributed by atoms with Crippen molar-refractivity contribution >= 4 is 34.4 Å². The molecular weight excluding hydrogens is 398 g/mol. The summed E-state index contributed by atoms with van der Waals surface area (Å²) in [5, 5.41) is 21.7. The lowest BCUT2D eigenvalue weighted by Crippen LogP contribution is -2.26. The number of nitrogens with one attached hydrogen (secondary N) is 1. The molecule has 0 radical (unpaired) electrons. The Kier molecular flexibility index (Phi) is 5.37. The highest BCUT2D eigenvalue weighted by atomic mass is 32.1. The maximum absolute atomic E-state index is 12.0. The number of hydrogen-bond acceptors (Lipinski definition) is 6. The van der Waals surface area contributed by atoms with Crippen LogP contribution in [0.5, 0.6) is 0 Å². The highest BCUT2D eigenvalue weighted by Gasteiger charge is 2.31. The van der Waals surface area contributed by atoms with Gasteiger partial charge in [-0.3, -0.25) is 5.41 Å². The van der Waals surface area contributed by atoms with Gasteiger partial charge in [-0.2, -0.15) is 0 Å². The van der Waals surface area contributed by atoms with Crippen LogP contribution in [0.1, 0.15) is 27.9 Å². The van der Waals surface area contributed by atoms with Crippen LogP contribution in [0.25, 0.3) is 16.8 Å². The van der Waals surface area contributed by atoms with E-state index in [0.717, 1.165) is 11.3 Å². The lowest BCUT2D eigenvalue weighted by Gasteiger charge is -2.19. The summed E-state index contributed by atoms with van der Waals surface area (Å²) in [4.78, 5) is 18.3. The van der Waals surface area contributed by atoms with Crippen LogP contribution in [0, 0.1) is 12.3 Å². The fraction of sp³-hybridized carbons (Fsp3) is 0.174. The number of aryl methyl sites for hydroxylation is 1. The summed E-state index contributed by atoms with van der Waals surface area (Å²) < 4.78 is 5.06. The van der Waals surface area contributed by atoms with Gasteiger partial charge in [0.05, 0.1) is 30.0 Å². The zero-order chi connectivity index (χ0) is 21.3. The summed E-state index contributed by atoms with van der Waals surface area (Å²) >= 11 is 1.39. The molecule has 0 fully saturated rings. The van der Waals surface area contributed by atoms with Crippen molar-refractivity contribution in [2.45, 2.75) is 13.8 Å². The Morgan fingerprint density at radius 3 is 2.77 bits per heavy atom. The summed E-state index contributed by atoms with van der Waals surface area (Å²) in [5.74, 6) is -0.171. The van der Waals surface area contributed by atoms with E-state index in [-0.39, 0.29) is 18.1 Å². The molecule has 3 aromatic rings. The molecule has 0 spiro atoms. The largest absolute Gasteiger partial charge is 0.510 e. The molecule has 1 aromatic heterocycles. The number of esters is 1. The number of rotatable bonds is 5. The molecule has 0 aliphatic carbocycles. The molecule has 6 nitrogen and oxygen atoms in total. The molecule has 2 heterocycles. The van der Waals surface area contributed by atoms with Crippen LogP contribution in [0.15, 0.2) is 59.7 Å². The number of carbonyl (C=O) groups is 1. The maximum atomic E-state index is 12.0. The normalized spacial score (nSPS) is 13.8. The molecule has 2 aromatic carbocycles. The van der Waals surface area contributed by atoms with Gasteiger partial charge in [0.15, 0.2) is 0 Å². The van der Waals surface area contributed by atoms with E-state index in [2.05, 4.69) is 4.98 Å². The summed E-state index contributed by atoms with van der Waals surface area (Å²) in [6, 6.07) is 15.0. The number of hydrogen-bond donors (Lipinski definition) is 2. The van der Waals surface area contributed by atoms with E-state index in [1.807, 2.05) is 36.6 Å². The topological polar surface area (TPSA) is 86.5 Å². The highest BCUT2D eigenvalue weighted by molar-refractivity contribution is 7.11. The molecule has 0 unspecified atom stereocenters. The molecular formula is C23H21N3O3S. The summed E-state index contributed by atoms with van der Waals surface area (Å²) in [6.45, 7) is 4.23. The molecule has 1 aliphatic rings. The minimum absolute atomic E-state index is 0.0892. The highest BCUT2D eigenvalue weighted by Crippen LogP contribution is 2.34. The van der Waals surface area contributed by atoms with Crippen molar-refractivity contribution in [3.05, 3.63) is 75.8 Å².